The van der Waals surface area contributed by atoms with Crippen LogP contribution in [-0.4, -0.2) is 53.9 Å². The molecule has 2 aromatic carbocycles. The highest BCUT2D eigenvalue weighted by Crippen LogP contribution is 2.31. The van der Waals surface area contributed by atoms with Crippen LogP contribution in [0.2, 0.25) is 0 Å². The van der Waals surface area contributed by atoms with Crippen molar-refractivity contribution in [3.63, 3.8) is 0 Å². The predicted octanol–water partition coefficient (Wildman–Crippen LogP) is 3.39. The van der Waals surface area contributed by atoms with E-state index in [9.17, 15) is 18.0 Å². The molecule has 3 aromatic rings. The zero-order valence-corrected chi connectivity index (χ0v) is 16.1. The number of hydrogen-bond acceptors (Lipinski definition) is 4. The SMILES string of the molecule is O=C(NCC(c1ccc(C(F)(F)F)cc1)N1CCOCC1)c1n[nH]c2ccccc12. The van der Waals surface area contributed by atoms with Crippen molar-refractivity contribution >= 4 is 16.8 Å². The highest BCUT2D eigenvalue weighted by molar-refractivity contribution is 6.04. The normalized spacial score (nSPS) is 16.5. The number of hydrogen-bond donors (Lipinski definition) is 2. The highest BCUT2D eigenvalue weighted by Gasteiger charge is 2.31. The van der Waals surface area contributed by atoms with Crippen molar-refractivity contribution < 1.29 is 22.7 Å². The Kier molecular flexibility index (Phi) is 5.74. The van der Waals surface area contributed by atoms with Gasteiger partial charge in [-0.3, -0.25) is 14.8 Å². The summed E-state index contributed by atoms with van der Waals surface area (Å²) in [5, 5.41) is 10.5. The van der Waals surface area contributed by atoms with Crippen molar-refractivity contribution in [3.05, 3.63) is 65.4 Å². The third-order valence-corrected chi connectivity index (χ3v) is 5.25. The molecule has 1 atom stereocenters. The van der Waals surface area contributed by atoms with Gasteiger partial charge in [0.15, 0.2) is 5.69 Å². The predicted molar refractivity (Wildman–Crippen MR) is 105 cm³/mol. The number of H-pyrrole nitrogens is 1. The van der Waals surface area contributed by atoms with Crippen LogP contribution in [0.4, 0.5) is 13.2 Å². The number of para-hydroxylation sites is 1. The van der Waals surface area contributed by atoms with Gasteiger partial charge in [-0.15, -0.1) is 0 Å². The maximum atomic E-state index is 12.9. The van der Waals surface area contributed by atoms with Crippen molar-refractivity contribution in [2.45, 2.75) is 12.2 Å². The quantitative estimate of drug-likeness (QED) is 0.667. The lowest BCUT2D eigenvalue weighted by atomic mass is 10.0. The molecule has 0 saturated carbocycles. The van der Waals surface area contributed by atoms with Gasteiger partial charge in [0, 0.05) is 25.0 Å². The van der Waals surface area contributed by atoms with Gasteiger partial charge in [0.1, 0.15) is 0 Å². The number of morpholine rings is 1. The second-order valence-corrected chi connectivity index (χ2v) is 7.11. The zero-order chi connectivity index (χ0) is 21.1. The largest absolute Gasteiger partial charge is 0.416 e. The molecule has 1 fully saturated rings. The van der Waals surface area contributed by atoms with Crippen molar-refractivity contribution in [2.75, 3.05) is 32.8 Å². The van der Waals surface area contributed by atoms with E-state index in [1.54, 1.807) is 0 Å². The van der Waals surface area contributed by atoms with Gasteiger partial charge in [-0.25, -0.2) is 0 Å². The number of fused-ring (bicyclic) bond motifs is 1. The number of ether oxygens (including phenoxy) is 1. The van der Waals surface area contributed by atoms with Crippen molar-refractivity contribution in [3.8, 4) is 0 Å². The fraction of sp³-hybridized carbons (Fsp3) is 0.333. The lowest BCUT2D eigenvalue weighted by Crippen LogP contribution is -2.43. The summed E-state index contributed by atoms with van der Waals surface area (Å²) in [6.45, 7) is 2.58. The van der Waals surface area contributed by atoms with Crippen LogP contribution in [0, 0.1) is 0 Å². The summed E-state index contributed by atoms with van der Waals surface area (Å²) < 4.78 is 44.2. The molecular formula is C21H21F3N4O2. The Labute approximate surface area is 171 Å². The average molecular weight is 418 g/mol. The van der Waals surface area contributed by atoms with Gasteiger partial charge in [0.25, 0.3) is 5.91 Å². The molecule has 1 aliphatic rings. The Morgan fingerprint density at radius 1 is 1.13 bits per heavy atom. The van der Waals surface area contributed by atoms with Crippen LogP contribution in [-0.2, 0) is 10.9 Å². The minimum absolute atomic E-state index is 0.241. The Hall–Kier alpha value is -2.91. The standard InChI is InChI=1S/C21H21F3N4O2/c22-21(23,24)15-7-5-14(6-8-15)18(28-9-11-30-12-10-28)13-25-20(29)19-16-3-1-2-4-17(16)26-27-19/h1-8,18H,9-13H2,(H,25,29)(H,26,27). The number of nitrogens with zero attached hydrogens (tertiary/aromatic N) is 2. The van der Waals surface area contributed by atoms with E-state index < -0.39 is 11.7 Å². The van der Waals surface area contributed by atoms with Crippen molar-refractivity contribution in [1.82, 2.24) is 20.4 Å². The lowest BCUT2D eigenvalue weighted by molar-refractivity contribution is -0.137. The maximum absolute atomic E-state index is 12.9. The first-order valence-electron chi connectivity index (χ1n) is 9.64. The van der Waals surface area contributed by atoms with Gasteiger partial charge in [-0.1, -0.05) is 30.3 Å². The Morgan fingerprint density at radius 3 is 2.53 bits per heavy atom. The molecule has 1 saturated heterocycles. The number of benzene rings is 2. The third kappa shape index (κ3) is 4.31. The van der Waals surface area contributed by atoms with Gasteiger partial charge in [0.2, 0.25) is 0 Å². The second kappa shape index (κ2) is 8.45. The molecule has 1 aromatic heterocycles. The van der Waals surface area contributed by atoms with Crippen molar-refractivity contribution in [1.29, 1.82) is 0 Å². The molecule has 158 valence electrons. The first kappa shape index (κ1) is 20.4. The summed E-state index contributed by atoms with van der Waals surface area (Å²) in [6, 6.07) is 12.1. The second-order valence-electron chi connectivity index (χ2n) is 7.11. The zero-order valence-electron chi connectivity index (χ0n) is 16.1. The minimum Gasteiger partial charge on any atom is -0.379 e. The van der Waals surface area contributed by atoms with Crippen LogP contribution in [0.25, 0.3) is 10.9 Å². The molecule has 0 bridgehead atoms. The number of carbonyl (C=O) groups excluding carboxylic acids is 1. The Balaban J connectivity index is 1.53. The number of aromatic amines is 1. The number of nitrogens with one attached hydrogen (secondary N) is 2. The molecule has 0 spiro atoms. The summed E-state index contributed by atoms with van der Waals surface area (Å²) in [6.07, 6.45) is -4.39. The molecule has 9 heteroatoms. The van der Waals surface area contributed by atoms with E-state index in [0.717, 1.165) is 17.6 Å². The summed E-state index contributed by atoms with van der Waals surface area (Å²) >= 11 is 0. The van der Waals surface area contributed by atoms with Crippen LogP contribution in [0.5, 0.6) is 0 Å². The van der Waals surface area contributed by atoms with E-state index in [1.807, 2.05) is 24.3 Å². The third-order valence-electron chi connectivity index (χ3n) is 5.25. The summed E-state index contributed by atoms with van der Waals surface area (Å²) in [7, 11) is 0. The van der Waals surface area contributed by atoms with E-state index in [1.165, 1.54) is 12.1 Å². The molecule has 1 unspecified atom stereocenters. The number of amides is 1. The molecule has 4 rings (SSSR count). The van der Waals surface area contributed by atoms with Gasteiger partial charge in [-0.05, 0) is 23.8 Å². The average Bonchev–Trinajstić information content (AvgIpc) is 3.18. The lowest BCUT2D eigenvalue weighted by Gasteiger charge is -2.35. The van der Waals surface area contributed by atoms with E-state index in [-0.39, 0.29) is 18.5 Å². The fourth-order valence-corrected chi connectivity index (χ4v) is 3.65. The van der Waals surface area contributed by atoms with Crippen LogP contribution >= 0.6 is 0 Å². The smallest absolute Gasteiger partial charge is 0.379 e. The minimum atomic E-state index is -4.39. The molecule has 0 aliphatic carbocycles. The molecule has 2 N–H and O–H groups in total. The molecule has 1 aliphatic heterocycles. The topological polar surface area (TPSA) is 70.2 Å². The van der Waals surface area contributed by atoms with E-state index in [4.69, 9.17) is 4.74 Å². The van der Waals surface area contributed by atoms with Crippen LogP contribution < -0.4 is 5.32 Å². The van der Waals surface area contributed by atoms with E-state index in [2.05, 4.69) is 20.4 Å². The Morgan fingerprint density at radius 2 is 1.83 bits per heavy atom. The van der Waals surface area contributed by atoms with Gasteiger partial charge in [-0.2, -0.15) is 18.3 Å². The van der Waals surface area contributed by atoms with E-state index >= 15 is 0 Å². The van der Waals surface area contributed by atoms with Gasteiger partial charge in [0.05, 0.1) is 30.3 Å². The first-order chi connectivity index (χ1) is 14.4. The molecule has 6 nitrogen and oxygen atoms in total. The fourth-order valence-electron chi connectivity index (χ4n) is 3.65. The first-order valence-corrected chi connectivity index (χ1v) is 9.64. The van der Waals surface area contributed by atoms with Gasteiger partial charge < -0.3 is 10.1 Å². The maximum Gasteiger partial charge on any atom is 0.416 e. The van der Waals surface area contributed by atoms with Crippen LogP contribution in [0.15, 0.2) is 48.5 Å². The number of aromatic nitrogens is 2. The summed E-state index contributed by atoms with van der Waals surface area (Å²) in [5.41, 5.74) is 1.06. The van der Waals surface area contributed by atoms with Crippen molar-refractivity contribution in [2.24, 2.45) is 0 Å². The molecule has 2 heterocycles. The monoisotopic (exact) mass is 418 g/mol. The number of alkyl halides is 3. The van der Waals surface area contributed by atoms with Gasteiger partial charge >= 0.3 is 6.18 Å². The van der Waals surface area contributed by atoms with Crippen LogP contribution in [0.3, 0.4) is 0 Å². The number of rotatable bonds is 5. The molecule has 0 radical (unpaired) electrons. The molecule has 30 heavy (non-hydrogen) atoms. The number of carbonyl (C=O) groups is 1. The van der Waals surface area contributed by atoms with Crippen LogP contribution in [0.1, 0.15) is 27.7 Å². The Bertz CT molecular complexity index is 1010. The van der Waals surface area contributed by atoms with E-state index in [0.29, 0.717) is 42.9 Å². The summed E-state index contributed by atoms with van der Waals surface area (Å²) in [4.78, 5) is 14.8. The highest BCUT2D eigenvalue weighted by atomic mass is 19.4. The number of halogens is 3. The summed E-state index contributed by atoms with van der Waals surface area (Å²) in [5.74, 6) is -0.336. The molecule has 1 amide bonds. The molecular weight excluding hydrogens is 397 g/mol.